The number of esters is 1. The van der Waals surface area contributed by atoms with Crippen molar-refractivity contribution < 1.29 is 48.1 Å². The predicted octanol–water partition coefficient (Wildman–Crippen LogP) is 0.918. The molecule has 0 aromatic heterocycles. The van der Waals surface area contributed by atoms with Gasteiger partial charge in [-0.05, 0) is 30.9 Å². The summed E-state index contributed by atoms with van der Waals surface area (Å²) in [6.07, 6.45) is 10.4. The van der Waals surface area contributed by atoms with E-state index in [2.05, 4.69) is 22.1 Å². The van der Waals surface area contributed by atoms with Crippen LogP contribution in [-0.2, 0) is 33.4 Å². The lowest BCUT2D eigenvalue weighted by Gasteiger charge is -2.42. The van der Waals surface area contributed by atoms with Crippen LogP contribution in [0.2, 0.25) is 0 Å². The van der Waals surface area contributed by atoms with Gasteiger partial charge in [0.25, 0.3) is 0 Å². The van der Waals surface area contributed by atoms with Crippen LogP contribution in [0.1, 0.15) is 32.1 Å². The number of Topliss-reactive ketones (excluding diaryl/α,β-unsaturated/α-hetero) is 1. The molecule has 3 aliphatic rings. The third-order valence-electron chi connectivity index (χ3n) is 6.66. The molecule has 2 saturated heterocycles. The van der Waals surface area contributed by atoms with E-state index in [9.17, 15) is 38.7 Å². The molecule has 230 valence electrons. The number of ketones is 1. The number of fused-ring (bicyclic) bond motifs is 1. The van der Waals surface area contributed by atoms with E-state index in [1.165, 1.54) is 18.2 Å². The number of amides is 5. The van der Waals surface area contributed by atoms with E-state index in [0.29, 0.717) is 18.4 Å². The molecule has 5 amide bonds. The van der Waals surface area contributed by atoms with Crippen LogP contribution >= 0.6 is 0 Å². The molecule has 0 unspecified atom stereocenters. The molecule has 15 nitrogen and oxygen atoms in total. The second-order valence-electron chi connectivity index (χ2n) is 9.53. The van der Waals surface area contributed by atoms with Gasteiger partial charge >= 0.3 is 24.1 Å². The number of rotatable bonds is 11. The summed E-state index contributed by atoms with van der Waals surface area (Å²) in [6.45, 7) is 2.66. The Morgan fingerprint density at radius 1 is 1.19 bits per heavy atom. The number of aliphatic carboxylic acids is 1. The van der Waals surface area contributed by atoms with Crippen molar-refractivity contribution >= 4 is 41.7 Å². The number of carbonyl (C=O) groups is 7. The van der Waals surface area contributed by atoms with Crippen LogP contribution in [0.3, 0.4) is 0 Å². The molecule has 0 spiro atoms. The molecular weight excluding hydrogens is 566 g/mol. The fraction of sp³-hybridized carbons (Fsp3) is 0.393. The Bertz CT molecular complexity index is 1300. The highest BCUT2D eigenvalue weighted by molar-refractivity contribution is 5.98. The lowest BCUT2D eigenvalue weighted by atomic mass is 10.0. The summed E-state index contributed by atoms with van der Waals surface area (Å²) in [4.78, 5) is 88.6. The minimum atomic E-state index is -1.62. The molecule has 2 atom stereocenters. The minimum absolute atomic E-state index is 0.0743. The highest BCUT2D eigenvalue weighted by Gasteiger charge is 2.44. The van der Waals surface area contributed by atoms with Crippen LogP contribution in [0.15, 0.2) is 60.3 Å². The average molecular weight is 600 g/mol. The first-order chi connectivity index (χ1) is 20.6. The molecule has 3 rings (SSSR count). The van der Waals surface area contributed by atoms with Gasteiger partial charge in [0.2, 0.25) is 11.8 Å². The number of hydrazine groups is 2. The molecule has 43 heavy (non-hydrogen) atoms. The summed E-state index contributed by atoms with van der Waals surface area (Å²) in [5.41, 5.74) is 3.00. The van der Waals surface area contributed by atoms with E-state index in [1.54, 1.807) is 18.2 Å². The molecular formula is C28H33N5O10. The third kappa shape index (κ3) is 8.40. The molecule has 0 saturated carbocycles. The molecule has 0 radical (unpaired) electrons. The van der Waals surface area contributed by atoms with E-state index < -0.39 is 66.8 Å². The van der Waals surface area contributed by atoms with Gasteiger partial charge in [0.15, 0.2) is 12.4 Å². The number of nitrogens with zero attached hydrogens (tertiary/aromatic N) is 3. The molecule has 1 aliphatic carbocycles. The van der Waals surface area contributed by atoms with Crippen LogP contribution in [0.5, 0.6) is 0 Å². The SMILES string of the molecule is C=CC=CC(C(=O)OCC(=O)[C@H](CC(=O)O)NC(=O)[C@@H]1CCCN2C(=O)CCN(NC(=O)OC)C(=O)N12)=C1C=CC=CC1. The molecule has 2 fully saturated rings. The number of nitrogens with one attached hydrogen (secondary N) is 2. The molecule has 2 heterocycles. The van der Waals surface area contributed by atoms with E-state index in [0.717, 1.165) is 22.1 Å². The van der Waals surface area contributed by atoms with Crippen LogP contribution in [0.25, 0.3) is 0 Å². The van der Waals surface area contributed by atoms with Crippen molar-refractivity contribution in [1.29, 1.82) is 0 Å². The molecule has 0 aromatic carbocycles. The molecule has 2 aliphatic heterocycles. The largest absolute Gasteiger partial charge is 0.481 e. The van der Waals surface area contributed by atoms with E-state index in [4.69, 9.17) is 4.74 Å². The van der Waals surface area contributed by atoms with Gasteiger partial charge < -0.3 is 19.9 Å². The zero-order valence-corrected chi connectivity index (χ0v) is 23.5. The molecule has 0 bridgehead atoms. The fourth-order valence-corrected chi connectivity index (χ4v) is 4.56. The van der Waals surface area contributed by atoms with Crippen molar-refractivity contribution in [3.63, 3.8) is 0 Å². The van der Waals surface area contributed by atoms with Crippen molar-refractivity contribution in [3.8, 4) is 0 Å². The van der Waals surface area contributed by atoms with Gasteiger partial charge in [-0.1, -0.05) is 43.0 Å². The summed E-state index contributed by atoms with van der Waals surface area (Å²) >= 11 is 0. The standard InChI is InChI=1S/C28H33N5O10/c1-3-4-11-19(18-9-6-5-7-10-18)26(39)43-17-22(34)20(16-24(36)37)29-25(38)21-12-8-14-32-23(35)13-15-31(28(41)33(21)32)30-27(40)42-2/h3-7,9,11,20-21H,1,8,10,12-17H2,2H3,(H,29,38)(H,30,40)(H,36,37)/t20-,21-/m0/s1. The van der Waals surface area contributed by atoms with Gasteiger partial charge in [-0.15, -0.1) is 0 Å². The summed E-state index contributed by atoms with van der Waals surface area (Å²) < 4.78 is 9.71. The van der Waals surface area contributed by atoms with Crippen LogP contribution in [-0.4, -0.2) is 101 Å². The topological polar surface area (TPSA) is 192 Å². The van der Waals surface area contributed by atoms with Crippen LogP contribution in [0, 0.1) is 0 Å². The first-order valence-electron chi connectivity index (χ1n) is 13.4. The number of hydrogen-bond acceptors (Lipinski definition) is 9. The van der Waals surface area contributed by atoms with Crippen LogP contribution < -0.4 is 10.7 Å². The Morgan fingerprint density at radius 2 is 1.95 bits per heavy atom. The average Bonchev–Trinajstić information content (AvgIpc) is 3.11. The summed E-state index contributed by atoms with van der Waals surface area (Å²) in [5, 5.41) is 14.5. The highest BCUT2D eigenvalue weighted by Crippen LogP contribution is 2.24. The molecule has 0 aromatic rings. The Kier molecular flexibility index (Phi) is 11.4. The predicted molar refractivity (Wildman–Crippen MR) is 148 cm³/mol. The minimum Gasteiger partial charge on any atom is -0.481 e. The lowest BCUT2D eigenvalue weighted by Crippen LogP contribution is -2.65. The Balaban J connectivity index is 1.76. The van der Waals surface area contributed by atoms with Gasteiger partial charge in [-0.25, -0.2) is 34.8 Å². The zero-order chi connectivity index (χ0) is 31.5. The quantitative estimate of drug-likeness (QED) is 0.175. The number of hydrogen-bond donors (Lipinski definition) is 3. The maximum Gasteiger partial charge on any atom is 0.425 e. The Hall–Kier alpha value is -5.21. The molecule has 3 N–H and O–H groups in total. The van der Waals surface area contributed by atoms with Crippen LogP contribution in [0.4, 0.5) is 9.59 Å². The van der Waals surface area contributed by atoms with Crippen molar-refractivity contribution in [1.82, 2.24) is 25.8 Å². The number of carboxylic acids is 1. The second kappa shape index (κ2) is 15.1. The maximum absolute atomic E-state index is 13.4. The normalized spacial score (nSPS) is 20.1. The monoisotopic (exact) mass is 599 g/mol. The van der Waals surface area contributed by atoms with Gasteiger partial charge in [-0.3, -0.25) is 19.2 Å². The van der Waals surface area contributed by atoms with Crippen molar-refractivity contribution in [2.45, 2.75) is 44.2 Å². The van der Waals surface area contributed by atoms with E-state index in [-0.39, 0.29) is 31.5 Å². The smallest absolute Gasteiger partial charge is 0.425 e. The van der Waals surface area contributed by atoms with Gasteiger partial charge in [0, 0.05) is 13.0 Å². The zero-order valence-electron chi connectivity index (χ0n) is 23.5. The highest BCUT2D eigenvalue weighted by atomic mass is 16.5. The van der Waals surface area contributed by atoms with Crippen molar-refractivity contribution in [3.05, 3.63) is 60.3 Å². The fourth-order valence-electron chi connectivity index (χ4n) is 4.56. The van der Waals surface area contributed by atoms with E-state index in [1.807, 2.05) is 6.08 Å². The third-order valence-corrected chi connectivity index (χ3v) is 6.66. The Morgan fingerprint density at radius 3 is 2.60 bits per heavy atom. The first-order valence-corrected chi connectivity index (χ1v) is 13.4. The van der Waals surface area contributed by atoms with Crippen molar-refractivity contribution in [2.75, 3.05) is 26.8 Å². The van der Waals surface area contributed by atoms with Gasteiger partial charge in [0.05, 0.1) is 25.6 Å². The first kappa shape index (κ1) is 32.3. The van der Waals surface area contributed by atoms with E-state index >= 15 is 0 Å². The second-order valence-corrected chi connectivity index (χ2v) is 9.53. The van der Waals surface area contributed by atoms with Gasteiger partial charge in [0.1, 0.15) is 12.1 Å². The number of carboxylic acid groups (broad SMARTS) is 1. The number of carbonyl (C=O) groups excluding carboxylic acids is 6. The number of urea groups is 1. The molecule has 15 heteroatoms. The summed E-state index contributed by atoms with van der Waals surface area (Å²) in [5.74, 6) is -4.55. The summed E-state index contributed by atoms with van der Waals surface area (Å²) in [7, 11) is 1.09. The number of ether oxygens (including phenoxy) is 2. The number of allylic oxidation sites excluding steroid dienone is 7. The maximum atomic E-state index is 13.4. The van der Waals surface area contributed by atoms with Gasteiger partial charge in [-0.2, -0.15) is 0 Å². The number of methoxy groups -OCH3 is 1. The van der Waals surface area contributed by atoms with Crippen molar-refractivity contribution in [2.24, 2.45) is 0 Å². The lowest BCUT2D eigenvalue weighted by molar-refractivity contribution is -0.155. The summed E-state index contributed by atoms with van der Waals surface area (Å²) in [6, 6.07) is -3.83. The Labute approximate surface area is 247 Å².